The lowest BCUT2D eigenvalue weighted by atomic mass is 10.2. The van der Waals surface area contributed by atoms with E-state index in [4.69, 9.17) is 9.47 Å². The van der Waals surface area contributed by atoms with Crippen LogP contribution in [0, 0.1) is 0 Å². The van der Waals surface area contributed by atoms with Crippen molar-refractivity contribution in [1.82, 2.24) is 4.57 Å². The molecule has 2 aromatic rings. The average molecular weight is 259 g/mol. The van der Waals surface area contributed by atoms with Crippen LogP contribution in [0.2, 0.25) is 0 Å². The standard InChI is InChI=1S/C16H21NO2/c1-12(2)18-14-8-7-9-15(19-13(3)4)16(14)17-10-5-6-11-17/h5-13H,1-4H3. The molecule has 0 saturated heterocycles. The van der Waals surface area contributed by atoms with Crippen LogP contribution in [-0.4, -0.2) is 16.8 Å². The molecule has 0 atom stereocenters. The molecule has 0 bridgehead atoms. The summed E-state index contributed by atoms with van der Waals surface area (Å²) < 4.78 is 13.8. The van der Waals surface area contributed by atoms with Crippen LogP contribution in [-0.2, 0) is 0 Å². The molecule has 102 valence electrons. The first-order valence-electron chi connectivity index (χ1n) is 6.67. The lowest BCUT2D eigenvalue weighted by Crippen LogP contribution is -2.11. The Balaban J connectivity index is 2.49. The summed E-state index contributed by atoms with van der Waals surface area (Å²) in [5.41, 5.74) is 0.954. The molecule has 0 N–H and O–H groups in total. The summed E-state index contributed by atoms with van der Waals surface area (Å²) in [6.45, 7) is 8.09. The van der Waals surface area contributed by atoms with Crippen molar-refractivity contribution in [2.24, 2.45) is 0 Å². The minimum atomic E-state index is 0.128. The summed E-state index contributed by atoms with van der Waals surface area (Å²) in [4.78, 5) is 0. The molecular weight excluding hydrogens is 238 g/mol. The van der Waals surface area contributed by atoms with Crippen molar-refractivity contribution in [2.45, 2.75) is 39.9 Å². The fraction of sp³-hybridized carbons (Fsp3) is 0.375. The molecule has 0 aliphatic carbocycles. The van der Waals surface area contributed by atoms with Gasteiger partial charge >= 0.3 is 0 Å². The van der Waals surface area contributed by atoms with Gasteiger partial charge in [-0.15, -0.1) is 0 Å². The van der Waals surface area contributed by atoms with Gasteiger partial charge in [0.15, 0.2) is 0 Å². The Hall–Kier alpha value is -1.90. The first kappa shape index (κ1) is 13.5. The van der Waals surface area contributed by atoms with Crippen LogP contribution in [0.25, 0.3) is 5.69 Å². The van der Waals surface area contributed by atoms with Crippen molar-refractivity contribution in [3.8, 4) is 17.2 Å². The fourth-order valence-corrected chi connectivity index (χ4v) is 1.94. The zero-order chi connectivity index (χ0) is 13.8. The third kappa shape index (κ3) is 3.31. The van der Waals surface area contributed by atoms with Crippen molar-refractivity contribution in [3.05, 3.63) is 42.7 Å². The molecule has 1 heterocycles. The normalized spacial score (nSPS) is 11.1. The van der Waals surface area contributed by atoms with Crippen LogP contribution < -0.4 is 9.47 Å². The Morgan fingerprint density at radius 3 is 1.68 bits per heavy atom. The van der Waals surface area contributed by atoms with Crippen molar-refractivity contribution < 1.29 is 9.47 Å². The molecular formula is C16H21NO2. The monoisotopic (exact) mass is 259 g/mol. The minimum Gasteiger partial charge on any atom is -0.489 e. The third-order valence-electron chi connectivity index (χ3n) is 2.55. The molecule has 0 aliphatic rings. The summed E-state index contributed by atoms with van der Waals surface area (Å²) in [6.07, 6.45) is 4.25. The zero-order valence-electron chi connectivity index (χ0n) is 12.0. The molecule has 0 spiro atoms. The first-order chi connectivity index (χ1) is 9.08. The summed E-state index contributed by atoms with van der Waals surface area (Å²) in [5, 5.41) is 0. The molecule has 3 nitrogen and oxygen atoms in total. The SMILES string of the molecule is CC(C)Oc1cccc(OC(C)C)c1-n1cccc1. The van der Waals surface area contributed by atoms with E-state index in [1.807, 2.05) is 75.0 Å². The first-order valence-corrected chi connectivity index (χ1v) is 6.67. The Morgan fingerprint density at radius 1 is 0.789 bits per heavy atom. The molecule has 0 aliphatic heterocycles. The molecule has 1 aromatic carbocycles. The van der Waals surface area contributed by atoms with E-state index in [1.54, 1.807) is 0 Å². The lowest BCUT2D eigenvalue weighted by molar-refractivity contribution is 0.228. The zero-order valence-corrected chi connectivity index (χ0v) is 12.0. The number of hydrogen-bond acceptors (Lipinski definition) is 2. The highest BCUT2D eigenvalue weighted by atomic mass is 16.5. The fourth-order valence-electron chi connectivity index (χ4n) is 1.94. The summed E-state index contributed by atoms with van der Waals surface area (Å²) >= 11 is 0. The van der Waals surface area contributed by atoms with E-state index in [0.29, 0.717) is 0 Å². The number of rotatable bonds is 5. The van der Waals surface area contributed by atoms with Crippen molar-refractivity contribution in [3.63, 3.8) is 0 Å². The number of para-hydroxylation sites is 1. The summed E-state index contributed by atoms with van der Waals surface area (Å²) in [5.74, 6) is 1.67. The van der Waals surface area contributed by atoms with E-state index in [0.717, 1.165) is 17.2 Å². The highest BCUT2D eigenvalue weighted by molar-refractivity contribution is 5.57. The van der Waals surface area contributed by atoms with Gasteiger partial charge in [0.05, 0.1) is 12.2 Å². The van der Waals surface area contributed by atoms with Gasteiger partial charge in [0.2, 0.25) is 0 Å². The third-order valence-corrected chi connectivity index (χ3v) is 2.55. The highest BCUT2D eigenvalue weighted by Crippen LogP contribution is 2.33. The van der Waals surface area contributed by atoms with Gasteiger partial charge in [0, 0.05) is 12.4 Å². The highest BCUT2D eigenvalue weighted by Gasteiger charge is 2.14. The van der Waals surface area contributed by atoms with E-state index in [9.17, 15) is 0 Å². The van der Waals surface area contributed by atoms with Crippen molar-refractivity contribution in [2.75, 3.05) is 0 Å². The van der Waals surface area contributed by atoms with Crippen LogP contribution in [0.15, 0.2) is 42.7 Å². The Kier molecular flexibility index (Phi) is 4.15. The van der Waals surface area contributed by atoms with Crippen molar-refractivity contribution in [1.29, 1.82) is 0 Å². The lowest BCUT2D eigenvalue weighted by Gasteiger charge is -2.19. The van der Waals surface area contributed by atoms with E-state index in [2.05, 4.69) is 0 Å². The molecule has 0 unspecified atom stereocenters. The second kappa shape index (κ2) is 5.83. The predicted molar refractivity (Wildman–Crippen MR) is 77.3 cm³/mol. The Bertz CT molecular complexity index is 487. The summed E-state index contributed by atoms with van der Waals surface area (Å²) in [7, 11) is 0. The van der Waals surface area contributed by atoms with Gasteiger partial charge in [-0.3, -0.25) is 0 Å². The molecule has 3 heteroatoms. The predicted octanol–water partition coefficient (Wildman–Crippen LogP) is 4.05. The van der Waals surface area contributed by atoms with Crippen LogP contribution in [0.4, 0.5) is 0 Å². The smallest absolute Gasteiger partial charge is 0.147 e. The van der Waals surface area contributed by atoms with E-state index in [-0.39, 0.29) is 12.2 Å². The van der Waals surface area contributed by atoms with Crippen molar-refractivity contribution >= 4 is 0 Å². The number of aromatic nitrogens is 1. The molecule has 0 saturated carbocycles. The van der Waals surface area contributed by atoms with E-state index >= 15 is 0 Å². The second-order valence-electron chi connectivity index (χ2n) is 5.03. The minimum absolute atomic E-state index is 0.128. The van der Waals surface area contributed by atoms with Gasteiger partial charge in [-0.1, -0.05) is 6.07 Å². The molecule has 0 fully saturated rings. The number of benzene rings is 1. The molecule has 0 radical (unpaired) electrons. The molecule has 2 rings (SSSR count). The van der Waals surface area contributed by atoms with Gasteiger partial charge in [-0.2, -0.15) is 0 Å². The number of hydrogen-bond donors (Lipinski definition) is 0. The Labute approximate surface area is 114 Å². The second-order valence-corrected chi connectivity index (χ2v) is 5.03. The van der Waals surface area contributed by atoms with Crippen LogP contribution in [0.5, 0.6) is 11.5 Å². The Morgan fingerprint density at radius 2 is 1.26 bits per heavy atom. The van der Waals surface area contributed by atoms with Crippen LogP contribution in [0.3, 0.4) is 0 Å². The van der Waals surface area contributed by atoms with Gasteiger partial charge in [-0.25, -0.2) is 0 Å². The van der Waals surface area contributed by atoms with Gasteiger partial charge in [0.25, 0.3) is 0 Å². The number of ether oxygens (including phenoxy) is 2. The maximum Gasteiger partial charge on any atom is 0.147 e. The molecule has 19 heavy (non-hydrogen) atoms. The maximum atomic E-state index is 5.89. The van der Waals surface area contributed by atoms with Gasteiger partial charge in [-0.05, 0) is 52.0 Å². The quantitative estimate of drug-likeness (QED) is 0.808. The largest absolute Gasteiger partial charge is 0.489 e. The van der Waals surface area contributed by atoms with E-state index in [1.165, 1.54) is 0 Å². The molecule has 0 amide bonds. The van der Waals surface area contributed by atoms with Crippen LogP contribution in [0.1, 0.15) is 27.7 Å². The maximum absolute atomic E-state index is 5.89. The molecule has 1 aromatic heterocycles. The van der Waals surface area contributed by atoms with Gasteiger partial charge < -0.3 is 14.0 Å². The average Bonchev–Trinajstić information content (AvgIpc) is 2.81. The summed E-state index contributed by atoms with van der Waals surface area (Å²) in [6, 6.07) is 9.89. The topological polar surface area (TPSA) is 23.4 Å². The van der Waals surface area contributed by atoms with Gasteiger partial charge in [0.1, 0.15) is 17.2 Å². The van der Waals surface area contributed by atoms with E-state index < -0.39 is 0 Å². The van der Waals surface area contributed by atoms with Crippen LogP contribution >= 0.6 is 0 Å². The number of nitrogens with zero attached hydrogens (tertiary/aromatic N) is 1.